The van der Waals surface area contributed by atoms with E-state index in [4.69, 9.17) is 0 Å². The summed E-state index contributed by atoms with van der Waals surface area (Å²) in [6, 6.07) is 4.04. The molecule has 1 aromatic rings. The predicted octanol–water partition coefficient (Wildman–Crippen LogP) is 2.34. The fraction of sp³-hybridized carbons (Fsp3) is 0.364. The van der Waals surface area contributed by atoms with E-state index in [1.54, 1.807) is 11.8 Å². The summed E-state index contributed by atoms with van der Waals surface area (Å²) < 4.78 is 0. The summed E-state index contributed by atoms with van der Waals surface area (Å²) in [5.74, 6) is 0.969. The normalized spacial score (nSPS) is 10.1. The monoisotopic (exact) mass is 208 g/mol. The third-order valence-electron chi connectivity index (χ3n) is 1.72. The fourth-order valence-corrected chi connectivity index (χ4v) is 1.76. The molecular weight excluding hydrogens is 192 g/mol. The zero-order valence-electron chi connectivity index (χ0n) is 8.49. The maximum atomic E-state index is 4.01. The number of likely N-dealkylation sites (N-methyl/N-ethyl adjacent to an activating group) is 1. The van der Waals surface area contributed by atoms with Crippen molar-refractivity contribution in [3.63, 3.8) is 0 Å². The molecule has 1 rings (SSSR count). The summed E-state index contributed by atoms with van der Waals surface area (Å²) in [6.45, 7) is 8.02. The van der Waals surface area contributed by atoms with Crippen LogP contribution in [0.1, 0.15) is 6.92 Å². The van der Waals surface area contributed by atoms with Crippen molar-refractivity contribution in [2.24, 2.45) is 0 Å². The third-order valence-corrected chi connectivity index (χ3v) is 2.88. The molecule has 0 saturated heterocycles. The molecule has 0 aliphatic rings. The molecule has 1 aromatic heterocycles. The molecule has 14 heavy (non-hydrogen) atoms. The topological polar surface area (TPSA) is 24.9 Å². The minimum absolute atomic E-state index is 0.911. The van der Waals surface area contributed by atoms with Gasteiger partial charge in [-0.25, -0.2) is 0 Å². The van der Waals surface area contributed by atoms with E-state index >= 15 is 0 Å². The van der Waals surface area contributed by atoms with Gasteiger partial charge in [-0.05, 0) is 18.7 Å². The van der Waals surface area contributed by atoms with Crippen LogP contribution in [-0.2, 0) is 0 Å². The van der Waals surface area contributed by atoms with Crippen LogP contribution in [0.25, 0.3) is 0 Å². The minimum atomic E-state index is 0.911. The largest absolute Gasteiger partial charge is 0.313 e. The van der Waals surface area contributed by atoms with Crippen LogP contribution in [0.2, 0.25) is 0 Å². The Bertz CT molecular complexity index is 272. The lowest BCUT2D eigenvalue weighted by atomic mass is 10.3. The van der Waals surface area contributed by atoms with Gasteiger partial charge in [-0.2, -0.15) is 0 Å². The Balaban J connectivity index is 2.24. The van der Waals surface area contributed by atoms with E-state index in [2.05, 4.69) is 23.8 Å². The molecule has 2 nitrogen and oxygen atoms in total. The molecule has 1 heterocycles. The zero-order chi connectivity index (χ0) is 10.2. The highest BCUT2D eigenvalue weighted by Gasteiger charge is 1.96. The Morgan fingerprint density at radius 1 is 1.50 bits per heavy atom. The van der Waals surface area contributed by atoms with Crippen LogP contribution in [0, 0.1) is 0 Å². The summed E-state index contributed by atoms with van der Waals surface area (Å²) in [5.41, 5.74) is 1.23. The van der Waals surface area contributed by atoms with Gasteiger partial charge in [-0.1, -0.05) is 19.1 Å². The first kappa shape index (κ1) is 11.3. The molecular formula is C11H16N2S. The van der Waals surface area contributed by atoms with Crippen LogP contribution in [0.5, 0.6) is 0 Å². The standard InChI is InChI=1S/C11H16N2S/c1-3-12-8-10(2)9-14-11-4-6-13-7-5-11/h4-7,12H,2-3,8-9H2,1H3. The van der Waals surface area contributed by atoms with E-state index in [9.17, 15) is 0 Å². The van der Waals surface area contributed by atoms with Crippen molar-refractivity contribution in [3.05, 3.63) is 36.7 Å². The molecule has 0 aliphatic carbocycles. The Labute approximate surface area is 89.8 Å². The molecule has 0 amide bonds. The number of hydrogen-bond donors (Lipinski definition) is 1. The molecule has 0 aliphatic heterocycles. The number of pyridine rings is 1. The number of thioether (sulfide) groups is 1. The highest BCUT2D eigenvalue weighted by Crippen LogP contribution is 2.18. The van der Waals surface area contributed by atoms with Gasteiger partial charge in [0, 0.05) is 29.6 Å². The summed E-state index contributed by atoms with van der Waals surface area (Å²) in [4.78, 5) is 5.22. The first-order valence-electron chi connectivity index (χ1n) is 4.73. The van der Waals surface area contributed by atoms with Gasteiger partial charge < -0.3 is 5.32 Å². The average Bonchev–Trinajstić information content (AvgIpc) is 2.25. The molecule has 3 heteroatoms. The summed E-state index contributed by atoms with van der Waals surface area (Å²) in [7, 11) is 0. The van der Waals surface area contributed by atoms with Gasteiger partial charge in [0.2, 0.25) is 0 Å². The van der Waals surface area contributed by atoms with E-state index in [-0.39, 0.29) is 0 Å². The minimum Gasteiger partial charge on any atom is -0.313 e. The Kier molecular flexibility index (Phi) is 5.33. The van der Waals surface area contributed by atoms with Crippen molar-refractivity contribution in [3.8, 4) is 0 Å². The van der Waals surface area contributed by atoms with Crippen LogP contribution in [-0.4, -0.2) is 23.8 Å². The van der Waals surface area contributed by atoms with Gasteiger partial charge in [0.15, 0.2) is 0 Å². The van der Waals surface area contributed by atoms with Gasteiger partial charge >= 0.3 is 0 Å². The number of aromatic nitrogens is 1. The van der Waals surface area contributed by atoms with Gasteiger partial charge in [0.25, 0.3) is 0 Å². The Morgan fingerprint density at radius 2 is 2.21 bits per heavy atom. The summed E-state index contributed by atoms with van der Waals surface area (Å²) >= 11 is 1.80. The molecule has 0 atom stereocenters. The van der Waals surface area contributed by atoms with Crippen molar-refractivity contribution in [1.82, 2.24) is 10.3 Å². The highest BCUT2D eigenvalue weighted by molar-refractivity contribution is 7.99. The molecule has 0 bridgehead atoms. The van der Waals surface area contributed by atoms with Crippen molar-refractivity contribution >= 4 is 11.8 Å². The fourth-order valence-electron chi connectivity index (χ4n) is 0.973. The smallest absolute Gasteiger partial charge is 0.0278 e. The predicted molar refractivity (Wildman–Crippen MR) is 62.6 cm³/mol. The van der Waals surface area contributed by atoms with Crippen molar-refractivity contribution in [1.29, 1.82) is 0 Å². The molecule has 0 fully saturated rings. The Morgan fingerprint density at radius 3 is 2.86 bits per heavy atom. The molecule has 76 valence electrons. The first-order valence-corrected chi connectivity index (χ1v) is 5.71. The van der Waals surface area contributed by atoms with E-state index in [0.29, 0.717) is 0 Å². The lowest BCUT2D eigenvalue weighted by Crippen LogP contribution is -2.16. The van der Waals surface area contributed by atoms with Gasteiger partial charge in [0.1, 0.15) is 0 Å². The summed E-state index contributed by atoms with van der Waals surface area (Å²) in [5, 5.41) is 3.26. The highest BCUT2D eigenvalue weighted by atomic mass is 32.2. The lowest BCUT2D eigenvalue weighted by molar-refractivity contribution is 0.779. The van der Waals surface area contributed by atoms with E-state index in [1.165, 1.54) is 10.5 Å². The van der Waals surface area contributed by atoms with E-state index < -0.39 is 0 Å². The molecule has 1 N–H and O–H groups in total. The second-order valence-electron chi connectivity index (χ2n) is 3.00. The Hall–Kier alpha value is -0.800. The van der Waals surface area contributed by atoms with Gasteiger partial charge in [-0.15, -0.1) is 11.8 Å². The average molecular weight is 208 g/mol. The number of nitrogens with zero attached hydrogens (tertiary/aromatic N) is 1. The van der Waals surface area contributed by atoms with Crippen LogP contribution in [0.4, 0.5) is 0 Å². The molecule has 0 radical (unpaired) electrons. The van der Waals surface area contributed by atoms with Crippen LogP contribution in [0.3, 0.4) is 0 Å². The van der Waals surface area contributed by atoms with Crippen molar-refractivity contribution in [2.45, 2.75) is 11.8 Å². The van der Waals surface area contributed by atoms with Crippen LogP contribution in [0.15, 0.2) is 41.6 Å². The lowest BCUT2D eigenvalue weighted by Gasteiger charge is -2.05. The second kappa shape index (κ2) is 6.62. The second-order valence-corrected chi connectivity index (χ2v) is 4.05. The number of hydrogen-bond acceptors (Lipinski definition) is 3. The van der Waals surface area contributed by atoms with Crippen LogP contribution >= 0.6 is 11.8 Å². The van der Waals surface area contributed by atoms with Crippen molar-refractivity contribution < 1.29 is 0 Å². The van der Waals surface area contributed by atoms with Gasteiger partial charge in [0.05, 0.1) is 0 Å². The molecule has 0 spiro atoms. The number of rotatable bonds is 6. The number of nitrogens with one attached hydrogen (secondary N) is 1. The first-order chi connectivity index (χ1) is 6.83. The SMILES string of the molecule is C=C(CNCC)CSc1ccncc1. The zero-order valence-corrected chi connectivity index (χ0v) is 9.31. The molecule has 0 aromatic carbocycles. The molecule has 0 unspecified atom stereocenters. The molecule has 0 saturated carbocycles. The van der Waals surface area contributed by atoms with E-state index in [1.807, 2.05) is 24.5 Å². The summed E-state index contributed by atoms with van der Waals surface area (Å²) in [6.07, 6.45) is 3.63. The van der Waals surface area contributed by atoms with E-state index in [0.717, 1.165) is 18.8 Å². The third kappa shape index (κ3) is 4.44. The maximum absolute atomic E-state index is 4.01. The van der Waals surface area contributed by atoms with Crippen molar-refractivity contribution in [2.75, 3.05) is 18.8 Å². The van der Waals surface area contributed by atoms with Crippen LogP contribution < -0.4 is 5.32 Å². The quantitative estimate of drug-likeness (QED) is 0.574. The van der Waals surface area contributed by atoms with Gasteiger partial charge in [-0.3, -0.25) is 4.98 Å². The maximum Gasteiger partial charge on any atom is 0.0278 e.